The molecule has 0 spiro atoms. The molecule has 0 heterocycles. The minimum Gasteiger partial charge on any atom is -0.383 e. The first-order valence-corrected chi connectivity index (χ1v) is 8.12. The van der Waals surface area contributed by atoms with Gasteiger partial charge >= 0.3 is 0 Å². The summed E-state index contributed by atoms with van der Waals surface area (Å²) in [5, 5.41) is 3.63. The molecule has 20 heavy (non-hydrogen) atoms. The predicted octanol–water partition coefficient (Wildman–Crippen LogP) is 4.91. The van der Waals surface area contributed by atoms with E-state index < -0.39 is 0 Å². The van der Waals surface area contributed by atoms with Gasteiger partial charge in [-0.1, -0.05) is 51.2 Å². The lowest BCUT2D eigenvalue weighted by molar-refractivity contribution is 0.402. The molecule has 1 N–H and O–H groups in total. The van der Waals surface area contributed by atoms with Crippen LogP contribution < -0.4 is 5.32 Å². The molecule has 1 aromatic carbocycles. The number of nitrogens with one attached hydrogen (secondary N) is 1. The predicted molar refractivity (Wildman–Crippen MR) is 90.3 cm³/mol. The van der Waals surface area contributed by atoms with Gasteiger partial charge in [-0.25, -0.2) is 0 Å². The van der Waals surface area contributed by atoms with Crippen LogP contribution >= 0.6 is 0 Å². The molecular formula is C18H32N2. The monoisotopic (exact) mass is 276 g/mol. The van der Waals surface area contributed by atoms with Crippen LogP contribution in [0.25, 0.3) is 0 Å². The van der Waals surface area contributed by atoms with Crippen LogP contribution in [0.5, 0.6) is 0 Å². The normalized spacial score (nSPS) is 12.7. The van der Waals surface area contributed by atoms with Crippen LogP contribution in [0, 0.1) is 0 Å². The highest BCUT2D eigenvalue weighted by Gasteiger charge is 2.03. The highest BCUT2D eigenvalue weighted by atomic mass is 15.0. The zero-order valence-electron chi connectivity index (χ0n) is 13.8. The van der Waals surface area contributed by atoms with Crippen molar-refractivity contribution in [2.24, 2.45) is 0 Å². The third-order valence-electron chi connectivity index (χ3n) is 3.58. The summed E-state index contributed by atoms with van der Waals surface area (Å²) < 4.78 is 0. The number of benzene rings is 1. The minimum atomic E-state index is 0.561. The Morgan fingerprint density at radius 2 is 1.85 bits per heavy atom. The molecular weight excluding hydrogens is 244 g/mol. The van der Waals surface area contributed by atoms with Gasteiger partial charge in [0.05, 0.1) is 0 Å². The Morgan fingerprint density at radius 3 is 2.55 bits per heavy atom. The zero-order chi connectivity index (χ0) is 14.8. The largest absolute Gasteiger partial charge is 0.383 e. The molecule has 1 atom stereocenters. The van der Waals surface area contributed by atoms with Crippen molar-refractivity contribution in [3.63, 3.8) is 0 Å². The molecule has 2 heteroatoms. The van der Waals surface area contributed by atoms with Crippen LogP contribution in [0.1, 0.15) is 57.9 Å². The Bertz CT molecular complexity index is 360. The number of hydrogen-bond acceptors (Lipinski definition) is 2. The summed E-state index contributed by atoms with van der Waals surface area (Å²) in [6.07, 6.45) is 8.08. The first kappa shape index (κ1) is 17.0. The molecule has 1 aromatic rings. The number of anilines is 1. The Hall–Kier alpha value is -1.02. The van der Waals surface area contributed by atoms with Gasteiger partial charge < -0.3 is 10.2 Å². The lowest BCUT2D eigenvalue weighted by atomic mass is 10.1. The van der Waals surface area contributed by atoms with E-state index in [0.717, 1.165) is 6.54 Å². The van der Waals surface area contributed by atoms with Crippen molar-refractivity contribution in [2.45, 2.75) is 65.0 Å². The van der Waals surface area contributed by atoms with Crippen LogP contribution in [-0.4, -0.2) is 25.0 Å². The van der Waals surface area contributed by atoms with Crippen LogP contribution in [0.4, 0.5) is 5.69 Å². The van der Waals surface area contributed by atoms with Crippen molar-refractivity contribution in [1.82, 2.24) is 4.90 Å². The SMILES string of the molecule is CCCCCCCC(C)Nc1cccc(CN(C)C)c1. The zero-order valence-corrected chi connectivity index (χ0v) is 13.8. The average molecular weight is 276 g/mol. The molecule has 0 aliphatic rings. The lowest BCUT2D eigenvalue weighted by Crippen LogP contribution is -2.15. The van der Waals surface area contributed by atoms with E-state index in [1.54, 1.807) is 0 Å². The summed E-state index contributed by atoms with van der Waals surface area (Å²) in [5.74, 6) is 0. The van der Waals surface area contributed by atoms with Gasteiger partial charge in [-0.05, 0) is 45.1 Å². The molecule has 0 saturated carbocycles. The topological polar surface area (TPSA) is 15.3 Å². The molecule has 0 fully saturated rings. The molecule has 1 rings (SSSR count). The van der Waals surface area contributed by atoms with Crippen molar-refractivity contribution in [2.75, 3.05) is 19.4 Å². The van der Waals surface area contributed by atoms with Crippen molar-refractivity contribution < 1.29 is 0 Å². The second-order valence-electron chi connectivity index (χ2n) is 6.19. The third-order valence-corrected chi connectivity index (χ3v) is 3.58. The van der Waals surface area contributed by atoms with E-state index in [-0.39, 0.29) is 0 Å². The number of hydrogen-bond donors (Lipinski definition) is 1. The fourth-order valence-electron chi connectivity index (χ4n) is 2.54. The van der Waals surface area contributed by atoms with Gasteiger partial charge in [-0.15, -0.1) is 0 Å². The Balaban J connectivity index is 2.32. The van der Waals surface area contributed by atoms with Crippen LogP contribution in [0.2, 0.25) is 0 Å². The number of unbranched alkanes of at least 4 members (excludes halogenated alkanes) is 4. The maximum absolute atomic E-state index is 3.63. The number of nitrogens with zero attached hydrogens (tertiary/aromatic N) is 1. The molecule has 0 bridgehead atoms. The van der Waals surface area contributed by atoms with Gasteiger partial charge in [-0.2, -0.15) is 0 Å². The summed E-state index contributed by atoms with van der Waals surface area (Å²) in [6, 6.07) is 9.35. The van der Waals surface area contributed by atoms with Gasteiger partial charge in [0.25, 0.3) is 0 Å². The Kier molecular flexibility index (Phi) is 8.36. The van der Waals surface area contributed by atoms with Crippen molar-refractivity contribution >= 4 is 5.69 Å². The van der Waals surface area contributed by atoms with Gasteiger partial charge in [0.2, 0.25) is 0 Å². The second kappa shape index (κ2) is 9.82. The van der Waals surface area contributed by atoms with Crippen molar-refractivity contribution in [1.29, 1.82) is 0 Å². The van der Waals surface area contributed by atoms with E-state index in [4.69, 9.17) is 0 Å². The molecule has 0 aliphatic carbocycles. The van der Waals surface area contributed by atoms with Crippen LogP contribution in [0.3, 0.4) is 0 Å². The fraction of sp³-hybridized carbons (Fsp3) is 0.667. The van der Waals surface area contributed by atoms with E-state index in [9.17, 15) is 0 Å². The molecule has 0 aromatic heterocycles. The van der Waals surface area contributed by atoms with E-state index in [1.807, 2.05) is 0 Å². The standard InChI is InChI=1S/C18H32N2/c1-5-6-7-8-9-11-16(2)19-18-13-10-12-17(14-18)15-20(3)4/h10,12-14,16,19H,5-9,11,15H2,1-4H3. The maximum Gasteiger partial charge on any atom is 0.0345 e. The van der Waals surface area contributed by atoms with Gasteiger partial charge in [-0.3, -0.25) is 0 Å². The third kappa shape index (κ3) is 7.54. The second-order valence-corrected chi connectivity index (χ2v) is 6.19. The summed E-state index contributed by atoms with van der Waals surface area (Å²) in [6.45, 7) is 5.56. The Labute approximate surface area is 125 Å². The fourth-order valence-corrected chi connectivity index (χ4v) is 2.54. The first-order valence-electron chi connectivity index (χ1n) is 8.12. The smallest absolute Gasteiger partial charge is 0.0345 e. The summed E-state index contributed by atoms with van der Waals surface area (Å²) >= 11 is 0. The molecule has 2 nitrogen and oxygen atoms in total. The van der Waals surface area contributed by atoms with Gasteiger partial charge in [0, 0.05) is 18.3 Å². The quantitative estimate of drug-likeness (QED) is 0.611. The summed E-state index contributed by atoms with van der Waals surface area (Å²) in [4.78, 5) is 2.20. The van der Waals surface area contributed by atoms with E-state index in [1.165, 1.54) is 49.8 Å². The molecule has 114 valence electrons. The van der Waals surface area contributed by atoms with Crippen LogP contribution in [0.15, 0.2) is 24.3 Å². The van der Waals surface area contributed by atoms with E-state index in [2.05, 4.69) is 62.4 Å². The van der Waals surface area contributed by atoms with Gasteiger partial charge in [0.15, 0.2) is 0 Å². The molecule has 1 unspecified atom stereocenters. The van der Waals surface area contributed by atoms with Gasteiger partial charge in [0.1, 0.15) is 0 Å². The molecule has 0 radical (unpaired) electrons. The number of rotatable bonds is 10. The summed E-state index contributed by atoms with van der Waals surface area (Å²) in [7, 11) is 4.22. The molecule has 0 amide bonds. The Morgan fingerprint density at radius 1 is 1.10 bits per heavy atom. The van der Waals surface area contributed by atoms with Crippen LogP contribution in [-0.2, 0) is 6.54 Å². The maximum atomic E-state index is 3.63. The van der Waals surface area contributed by atoms with Crippen molar-refractivity contribution in [3.05, 3.63) is 29.8 Å². The summed E-state index contributed by atoms with van der Waals surface area (Å²) in [5.41, 5.74) is 2.63. The van der Waals surface area contributed by atoms with E-state index >= 15 is 0 Å². The molecule has 0 aliphatic heterocycles. The highest BCUT2D eigenvalue weighted by molar-refractivity contribution is 5.46. The minimum absolute atomic E-state index is 0.561. The van der Waals surface area contributed by atoms with Crippen molar-refractivity contribution in [3.8, 4) is 0 Å². The van der Waals surface area contributed by atoms with E-state index in [0.29, 0.717) is 6.04 Å². The first-order chi connectivity index (χ1) is 9.61. The average Bonchev–Trinajstić information content (AvgIpc) is 2.38. The lowest BCUT2D eigenvalue weighted by Gasteiger charge is -2.17. The highest BCUT2D eigenvalue weighted by Crippen LogP contribution is 2.15. The molecule has 0 saturated heterocycles.